The molecular formula is C27H37N5O2. The molecule has 0 saturated heterocycles. The standard InChI is InChI=1S/C27H37N5O2/c1-19(18-33)32(13-11-21-8-9-26(28)29-16-21)12-10-20-6-7-22(14-20)17-30-27(34)25-15-23-4-2-3-5-24(23)31-25/h2-5,8-9,15-16,19-20,22,31,33H,6-7,10-14,17-18H2,1H3,(H2,28,29)(H,30,34)/t19-,20-,22-/m0/s1. The third-order valence-electron chi connectivity index (χ3n) is 7.22. The zero-order valence-corrected chi connectivity index (χ0v) is 20.0. The number of H-pyrrole nitrogens is 1. The van der Waals surface area contributed by atoms with Gasteiger partial charge in [-0.15, -0.1) is 0 Å². The molecule has 0 bridgehead atoms. The number of pyridine rings is 1. The fourth-order valence-corrected chi connectivity index (χ4v) is 5.03. The number of aliphatic hydroxyl groups is 1. The second-order valence-corrected chi connectivity index (χ2v) is 9.72. The Labute approximate surface area is 201 Å². The highest BCUT2D eigenvalue weighted by molar-refractivity contribution is 5.97. The summed E-state index contributed by atoms with van der Waals surface area (Å²) >= 11 is 0. The molecule has 0 aliphatic heterocycles. The molecule has 5 N–H and O–H groups in total. The van der Waals surface area contributed by atoms with E-state index in [0.29, 0.717) is 23.3 Å². The van der Waals surface area contributed by atoms with Gasteiger partial charge in [-0.05, 0) is 74.8 Å². The van der Waals surface area contributed by atoms with Crippen molar-refractivity contribution in [1.82, 2.24) is 20.2 Å². The largest absolute Gasteiger partial charge is 0.395 e. The number of nitrogens with zero attached hydrogens (tertiary/aromatic N) is 2. The normalized spacial score (nSPS) is 19.0. The van der Waals surface area contributed by atoms with E-state index in [9.17, 15) is 9.90 Å². The lowest BCUT2D eigenvalue weighted by atomic mass is 10.0. The average Bonchev–Trinajstić information content (AvgIpc) is 3.50. The van der Waals surface area contributed by atoms with Crippen LogP contribution in [0.4, 0.5) is 5.82 Å². The molecule has 7 heteroatoms. The molecule has 3 atom stereocenters. The first-order valence-electron chi connectivity index (χ1n) is 12.4. The lowest BCUT2D eigenvalue weighted by Crippen LogP contribution is -2.38. The Morgan fingerprint density at radius 3 is 2.82 bits per heavy atom. The molecular weight excluding hydrogens is 426 g/mol. The predicted molar refractivity (Wildman–Crippen MR) is 137 cm³/mol. The van der Waals surface area contributed by atoms with Gasteiger partial charge in [0.15, 0.2) is 0 Å². The molecule has 1 fully saturated rings. The molecule has 0 unspecified atom stereocenters. The van der Waals surface area contributed by atoms with Gasteiger partial charge in [0.05, 0.1) is 6.61 Å². The summed E-state index contributed by atoms with van der Waals surface area (Å²) in [7, 11) is 0. The van der Waals surface area contributed by atoms with Crippen molar-refractivity contribution in [3.05, 3.63) is 59.9 Å². The van der Waals surface area contributed by atoms with Crippen molar-refractivity contribution in [2.75, 3.05) is 32.0 Å². The van der Waals surface area contributed by atoms with E-state index >= 15 is 0 Å². The topological polar surface area (TPSA) is 107 Å². The van der Waals surface area contributed by atoms with Crippen LogP contribution in [0.1, 0.15) is 48.7 Å². The molecule has 1 aliphatic carbocycles. The van der Waals surface area contributed by atoms with Gasteiger partial charge < -0.3 is 21.1 Å². The van der Waals surface area contributed by atoms with Crippen LogP contribution in [0.2, 0.25) is 0 Å². The Hall–Kier alpha value is -2.90. The van der Waals surface area contributed by atoms with E-state index < -0.39 is 0 Å². The zero-order chi connectivity index (χ0) is 23.9. The van der Waals surface area contributed by atoms with Crippen LogP contribution in [0, 0.1) is 11.8 Å². The van der Waals surface area contributed by atoms with Crippen molar-refractivity contribution in [2.45, 2.75) is 45.1 Å². The van der Waals surface area contributed by atoms with Crippen LogP contribution in [0.3, 0.4) is 0 Å². The van der Waals surface area contributed by atoms with Gasteiger partial charge in [0, 0.05) is 36.2 Å². The fourth-order valence-electron chi connectivity index (χ4n) is 5.03. The molecule has 182 valence electrons. The van der Waals surface area contributed by atoms with Crippen LogP contribution >= 0.6 is 0 Å². The monoisotopic (exact) mass is 463 g/mol. The summed E-state index contributed by atoms with van der Waals surface area (Å²) in [4.78, 5) is 22.4. The van der Waals surface area contributed by atoms with Gasteiger partial charge in [0.2, 0.25) is 0 Å². The van der Waals surface area contributed by atoms with Gasteiger partial charge in [0.25, 0.3) is 5.91 Å². The average molecular weight is 464 g/mol. The van der Waals surface area contributed by atoms with Crippen molar-refractivity contribution in [1.29, 1.82) is 0 Å². The van der Waals surface area contributed by atoms with Gasteiger partial charge in [0.1, 0.15) is 11.5 Å². The number of rotatable bonds is 11. The van der Waals surface area contributed by atoms with E-state index in [2.05, 4.69) is 27.1 Å². The fraction of sp³-hybridized carbons (Fsp3) is 0.481. The summed E-state index contributed by atoms with van der Waals surface area (Å²) in [6.45, 7) is 4.84. The SMILES string of the molecule is C[C@@H](CO)N(CCc1ccc(N)nc1)CC[C@@H]1CC[C@H](CNC(=O)c2cc3ccccc3[nH]2)C1. The lowest BCUT2D eigenvalue weighted by Gasteiger charge is -2.29. The first-order chi connectivity index (χ1) is 16.5. The van der Waals surface area contributed by atoms with E-state index in [1.165, 1.54) is 6.42 Å². The summed E-state index contributed by atoms with van der Waals surface area (Å²) in [5.74, 6) is 1.71. The van der Waals surface area contributed by atoms with Crippen LogP contribution < -0.4 is 11.1 Å². The number of hydrogen-bond donors (Lipinski definition) is 4. The molecule has 4 rings (SSSR count). The van der Waals surface area contributed by atoms with Crippen molar-refractivity contribution in [2.24, 2.45) is 11.8 Å². The van der Waals surface area contributed by atoms with Crippen molar-refractivity contribution < 1.29 is 9.90 Å². The molecule has 1 amide bonds. The Morgan fingerprint density at radius 1 is 1.24 bits per heavy atom. The molecule has 7 nitrogen and oxygen atoms in total. The number of nitrogen functional groups attached to an aromatic ring is 1. The smallest absolute Gasteiger partial charge is 0.267 e. The van der Waals surface area contributed by atoms with Crippen LogP contribution in [0.25, 0.3) is 10.9 Å². The Kier molecular flexibility index (Phi) is 8.19. The summed E-state index contributed by atoms with van der Waals surface area (Å²) in [5, 5.41) is 13.9. The van der Waals surface area contributed by atoms with Crippen molar-refractivity contribution in [3.8, 4) is 0 Å². The summed E-state index contributed by atoms with van der Waals surface area (Å²) in [6, 6.07) is 13.9. The minimum absolute atomic E-state index is 0.0280. The van der Waals surface area contributed by atoms with Crippen molar-refractivity contribution in [3.63, 3.8) is 0 Å². The quantitative estimate of drug-likeness (QED) is 0.348. The first kappa shape index (κ1) is 24.2. The number of aromatic amines is 1. The molecule has 0 spiro atoms. The Morgan fingerprint density at radius 2 is 2.06 bits per heavy atom. The number of hydrogen-bond acceptors (Lipinski definition) is 5. The molecule has 3 aromatic rings. The number of nitrogens with one attached hydrogen (secondary N) is 2. The third-order valence-corrected chi connectivity index (χ3v) is 7.22. The summed E-state index contributed by atoms with van der Waals surface area (Å²) in [6.07, 6.45) is 7.36. The predicted octanol–water partition coefficient (Wildman–Crippen LogP) is 3.61. The number of fused-ring (bicyclic) bond motifs is 1. The highest BCUT2D eigenvalue weighted by Gasteiger charge is 2.26. The number of carbonyl (C=O) groups excluding carboxylic acids is 1. The molecule has 2 heterocycles. The first-order valence-corrected chi connectivity index (χ1v) is 12.4. The second-order valence-electron chi connectivity index (χ2n) is 9.72. The number of amides is 1. The molecule has 1 aliphatic rings. The number of aromatic nitrogens is 2. The molecule has 2 aromatic heterocycles. The number of benzene rings is 1. The number of aliphatic hydroxyl groups excluding tert-OH is 1. The second kappa shape index (κ2) is 11.5. The molecule has 34 heavy (non-hydrogen) atoms. The molecule has 0 radical (unpaired) electrons. The minimum Gasteiger partial charge on any atom is -0.395 e. The Balaban J connectivity index is 1.21. The number of para-hydroxylation sites is 1. The summed E-state index contributed by atoms with van der Waals surface area (Å²) in [5.41, 5.74) is 8.46. The highest BCUT2D eigenvalue weighted by atomic mass is 16.3. The van der Waals surface area contributed by atoms with Gasteiger partial charge in [-0.25, -0.2) is 4.98 Å². The molecule has 1 aromatic carbocycles. The Bertz CT molecular complexity index is 1030. The maximum Gasteiger partial charge on any atom is 0.267 e. The number of nitrogens with two attached hydrogens (primary N) is 1. The van der Waals surface area contributed by atoms with E-state index in [-0.39, 0.29) is 18.6 Å². The third kappa shape index (κ3) is 6.36. The highest BCUT2D eigenvalue weighted by Crippen LogP contribution is 2.33. The maximum atomic E-state index is 12.6. The van der Waals surface area contributed by atoms with Crippen LogP contribution in [0.15, 0.2) is 48.7 Å². The van der Waals surface area contributed by atoms with E-state index in [0.717, 1.165) is 61.8 Å². The van der Waals surface area contributed by atoms with E-state index in [1.807, 2.05) is 48.7 Å². The van der Waals surface area contributed by atoms with Crippen LogP contribution in [-0.4, -0.2) is 58.2 Å². The minimum atomic E-state index is -0.0280. The zero-order valence-electron chi connectivity index (χ0n) is 20.0. The van der Waals surface area contributed by atoms with Crippen LogP contribution in [0.5, 0.6) is 0 Å². The van der Waals surface area contributed by atoms with Gasteiger partial charge >= 0.3 is 0 Å². The lowest BCUT2D eigenvalue weighted by molar-refractivity contribution is 0.0942. The molecule has 1 saturated carbocycles. The van der Waals surface area contributed by atoms with E-state index in [4.69, 9.17) is 5.73 Å². The number of carbonyl (C=O) groups is 1. The summed E-state index contributed by atoms with van der Waals surface area (Å²) < 4.78 is 0. The van der Waals surface area contributed by atoms with Crippen LogP contribution in [-0.2, 0) is 6.42 Å². The van der Waals surface area contributed by atoms with Gasteiger partial charge in [-0.3, -0.25) is 9.69 Å². The van der Waals surface area contributed by atoms with Gasteiger partial charge in [-0.1, -0.05) is 30.7 Å². The van der Waals surface area contributed by atoms with E-state index in [1.54, 1.807) is 0 Å². The maximum absolute atomic E-state index is 12.6. The number of anilines is 1. The van der Waals surface area contributed by atoms with Gasteiger partial charge in [-0.2, -0.15) is 0 Å². The van der Waals surface area contributed by atoms with Crippen molar-refractivity contribution >= 4 is 22.6 Å².